The van der Waals surface area contributed by atoms with Crippen molar-refractivity contribution in [3.63, 3.8) is 0 Å². The van der Waals surface area contributed by atoms with Crippen LogP contribution < -0.4 is 9.64 Å². The predicted molar refractivity (Wildman–Crippen MR) is 355 cm³/mol. The Bertz CT molecular complexity index is 4660. The van der Waals surface area contributed by atoms with Crippen molar-refractivity contribution in [2.45, 2.75) is 78.4 Å². The van der Waals surface area contributed by atoms with Crippen LogP contribution in [0.5, 0.6) is 11.5 Å². The summed E-state index contributed by atoms with van der Waals surface area (Å²) in [7, 11) is 0. The molecule has 0 amide bonds. The molecule has 3 heteroatoms. The molecule has 0 atom stereocenters. The SMILES string of the molecule is CC(C)(C)c1ccc2c(c1)C1(c3cc(C(C)(C)C)ccc3S2)c2ccccc2-c2ccc(N(c3ccc4c(c3)C3(c5ccccc5O4)c4ccccc4-c4ccccc43)c3ccc4c(c3)C(c3ccccc3)(c3ccccc3)c3ccccc3-4)cc21. The maximum atomic E-state index is 7.15. The Morgan fingerprint density at radius 2 is 0.628 bits per heavy atom. The zero-order chi connectivity index (χ0) is 57.9. The van der Waals surface area contributed by atoms with E-state index < -0.39 is 16.2 Å². The van der Waals surface area contributed by atoms with Crippen molar-refractivity contribution in [1.29, 1.82) is 0 Å². The molecular formula is C83H63NOS. The van der Waals surface area contributed by atoms with E-state index in [1.165, 1.54) is 110 Å². The van der Waals surface area contributed by atoms with Gasteiger partial charge in [-0.3, -0.25) is 0 Å². The van der Waals surface area contributed by atoms with Crippen LogP contribution in [0.15, 0.2) is 283 Å². The maximum Gasteiger partial charge on any atom is 0.132 e. The van der Waals surface area contributed by atoms with Gasteiger partial charge in [-0.2, -0.15) is 0 Å². The fourth-order valence-corrected chi connectivity index (χ4v) is 17.2. The summed E-state index contributed by atoms with van der Waals surface area (Å²) >= 11 is 1.92. The standard InChI is InChI=1S/C83H63NOS/c1-79(2,3)54-37-45-77-73(47-54)83(74-48-55(80(4,5)6)38-46-78(74)86-77)68-34-20-16-30-62(68)64-43-40-57(50-71(64)83)84(56-39-42-63-61-29-13-17-31-65(61)81(70(63)49-56,52-23-9-7-10-24-52)53-25-11-8-12-26-53)58-41-44-76-72(51-58)82(69-35-21-22-36-75(69)85-76)66-32-18-14-27-59(66)60-28-15-19-33-67(60)82/h7-51H,1-6H3. The molecule has 5 aliphatic rings. The van der Waals surface area contributed by atoms with E-state index in [4.69, 9.17) is 4.74 Å². The average Bonchev–Trinajstić information content (AvgIpc) is 1.48. The molecule has 3 aliphatic carbocycles. The van der Waals surface area contributed by atoms with E-state index in [2.05, 4.69) is 319 Å². The highest BCUT2D eigenvalue weighted by Gasteiger charge is 2.54. The molecule has 0 bridgehead atoms. The van der Waals surface area contributed by atoms with Gasteiger partial charge in [-0.1, -0.05) is 266 Å². The summed E-state index contributed by atoms with van der Waals surface area (Å²) in [5.41, 5.74) is 26.5. The van der Waals surface area contributed by atoms with Gasteiger partial charge in [0, 0.05) is 38.0 Å². The van der Waals surface area contributed by atoms with Gasteiger partial charge in [0.15, 0.2) is 0 Å². The van der Waals surface area contributed by atoms with Gasteiger partial charge < -0.3 is 9.64 Å². The monoisotopic (exact) mass is 1120 g/mol. The van der Waals surface area contributed by atoms with E-state index in [0.717, 1.165) is 39.7 Å². The van der Waals surface area contributed by atoms with Crippen molar-refractivity contribution in [1.82, 2.24) is 0 Å². The van der Waals surface area contributed by atoms with Crippen LogP contribution in [0.25, 0.3) is 33.4 Å². The molecule has 2 spiro atoms. The summed E-state index contributed by atoms with van der Waals surface area (Å²) < 4.78 is 7.15. The van der Waals surface area contributed by atoms with Gasteiger partial charge in [0.1, 0.15) is 11.5 Å². The molecule has 2 heterocycles. The highest BCUT2D eigenvalue weighted by atomic mass is 32.2. The van der Waals surface area contributed by atoms with E-state index in [9.17, 15) is 0 Å². The van der Waals surface area contributed by atoms with Crippen molar-refractivity contribution in [3.05, 3.63) is 351 Å². The van der Waals surface area contributed by atoms with Crippen LogP contribution in [0.1, 0.15) is 119 Å². The van der Waals surface area contributed by atoms with Gasteiger partial charge in [-0.25, -0.2) is 0 Å². The number of fused-ring (bicyclic) bond motifs is 21. The minimum absolute atomic E-state index is 0.0790. The van der Waals surface area contributed by atoms with Crippen molar-refractivity contribution < 1.29 is 4.74 Å². The lowest BCUT2D eigenvalue weighted by Gasteiger charge is -2.42. The molecule has 0 saturated carbocycles. The number of benzene rings is 12. The molecule has 0 N–H and O–H groups in total. The molecule has 0 aromatic heterocycles. The van der Waals surface area contributed by atoms with Crippen molar-refractivity contribution in [2.75, 3.05) is 4.90 Å². The fourth-order valence-electron chi connectivity index (χ4n) is 16.0. The van der Waals surface area contributed by atoms with Crippen molar-refractivity contribution in [3.8, 4) is 44.9 Å². The molecule has 0 unspecified atom stereocenters. The molecule has 17 rings (SSSR count). The van der Waals surface area contributed by atoms with Crippen LogP contribution in [0.2, 0.25) is 0 Å². The Morgan fingerprint density at radius 3 is 1.09 bits per heavy atom. The van der Waals surface area contributed by atoms with Gasteiger partial charge in [0.2, 0.25) is 0 Å². The molecule has 412 valence electrons. The lowest BCUT2D eigenvalue weighted by molar-refractivity contribution is 0.436. The number of anilines is 3. The number of hydrogen-bond donors (Lipinski definition) is 0. The van der Waals surface area contributed by atoms with Crippen molar-refractivity contribution >= 4 is 28.8 Å². The third kappa shape index (κ3) is 6.86. The van der Waals surface area contributed by atoms with E-state index >= 15 is 0 Å². The Labute approximate surface area is 509 Å². The Balaban J connectivity index is 0.981. The molecule has 2 aliphatic heterocycles. The predicted octanol–water partition coefficient (Wildman–Crippen LogP) is 21.4. The number of ether oxygens (including phenoxy) is 1. The minimum atomic E-state index is -0.666. The molecule has 2 nitrogen and oxygen atoms in total. The fraction of sp³-hybridized carbons (Fsp3) is 0.133. The second kappa shape index (κ2) is 18.3. The molecular weight excluding hydrogens is 1060 g/mol. The first kappa shape index (κ1) is 51.0. The number of nitrogens with zero attached hydrogens (tertiary/aromatic N) is 1. The van der Waals surface area contributed by atoms with Gasteiger partial charge >= 0.3 is 0 Å². The molecule has 12 aromatic rings. The van der Waals surface area contributed by atoms with Gasteiger partial charge in [0.25, 0.3) is 0 Å². The summed E-state index contributed by atoms with van der Waals surface area (Å²) in [4.78, 5) is 5.17. The zero-order valence-electron chi connectivity index (χ0n) is 49.2. The van der Waals surface area contributed by atoms with Crippen LogP contribution in [0.4, 0.5) is 17.1 Å². The number of rotatable bonds is 5. The van der Waals surface area contributed by atoms with Gasteiger partial charge in [-0.05, 0) is 172 Å². The normalized spacial score (nSPS) is 15.2. The third-order valence-electron chi connectivity index (χ3n) is 19.8. The largest absolute Gasteiger partial charge is 0.457 e. The summed E-state index contributed by atoms with van der Waals surface area (Å²) in [6.45, 7) is 14.1. The third-order valence-corrected chi connectivity index (χ3v) is 20.9. The summed E-state index contributed by atoms with van der Waals surface area (Å²) in [5, 5.41) is 0. The quantitative estimate of drug-likeness (QED) is 0.170. The second-order valence-electron chi connectivity index (χ2n) is 26.3. The van der Waals surface area contributed by atoms with Gasteiger partial charge in [-0.15, -0.1) is 0 Å². The Morgan fingerprint density at radius 1 is 0.279 bits per heavy atom. The Hall–Kier alpha value is -9.41. The van der Waals surface area contributed by atoms with Gasteiger partial charge in [0.05, 0.1) is 16.2 Å². The highest BCUT2D eigenvalue weighted by Crippen LogP contribution is 2.66. The minimum Gasteiger partial charge on any atom is -0.457 e. The zero-order valence-corrected chi connectivity index (χ0v) is 50.1. The first-order chi connectivity index (χ1) is 41.9. The van der Waals surface area contributed by atoms with Crippen molar-refractivity contribution in [2.24, 2.45) is 0 Å². The summed E-state index contributed by atoms with van der Waals surface area (Å²) in [5.74, 6) is 1.74. The molecule has 12 aromatic carbocycles. The van der Waals surface area contributed by atoms with Crippen LogP contribution in [0.3, 0.4) is 0 Å². The number of hydrogen-bond acceptors (Lipinski definition) is 3. The maximum absolute atomic E-state index is 7.15. The first-order valence-corrected chi connectivity index (χ1v) is 31.2. The average molecular weight is 1120 g/mol. The highest BCUT2D eigenvalue weighted by molar-refractivity contribution is 7.99. The van der Waals surface area contributed by atoms with E-state index in [0.29, 0.717) is 0 Å². The van der Waals surface area contributed by atoms with E-state index in [1.54, 1.807) is 0 Å². The molecule has 86 heavy (non-hydrogen) atoms. The van der Waals surface area contributed by atoms with Crippen LogP contribution >= 0.6 is 11.8 Å². The smallest absolute Gasteiger partial charge is 0.132 e. The van der Waals surface area contributed by atoms with E-state index in [1.807, 2.05) is 11.8 Å². The number of para-hydroxylation sites is 1. The molecule has 0 radical (unpaired) electrons. The lowest BCUT2D eigenvalue weighted by Crippen LogP contribution is -2.33. The second-order valence-corrected chi connectivity index (χ2v) is 27.3. The topological polar surface area (TPSA) is 12.5 Å². The first-order valence-electron chi connectivity index (χ1n) is 30.4. The van der Waals surface area contributed by atoms with Crippen LogP contribution in [-0.2, 0) is 27.1 Å². The molecule has 0 saturated heterocycles. The summed E-state index contributed by atoms with van der Waals surface area (Å²) in [6.07, 6.45) is 0. The van der Waals surface area contributed by atoms with Crippen LogP contribution in [0, 0.1) is 0 Å². The van der Waals surface area contributed by atoms with E-state index in [-0.39, 0.29) is 10.8 Å². The lowest BCUT2D eigenvalue weighted by atomic mass is 9.65. The Kier molecular flexibility index (Phi) is 10.9. The van der Waals surface area contributed by atoms with Crippen LogP contribution in [-0.4, -0.2) is 0 Å². The summed E-state index contributed by atoms with van der Waals surface area (Å²) in [6, 6.07) is 104. The molecule has 0 fully saturated rings.